The molecule has 0 fully saturated rings. The molecule has 0 aliphatic carbocycles. The average molecular weight is 311 g/mol. The SMILES string of the molecule is COc1ccccc1C(=O)NC(C)Cc1ccc2c(c1)CCO2. The largest absolute Gasteiger partial charge is 0.496 e. The van der Waals surface area contributed by atoms with Crippen LogP contribution in [0.15, 0.2) is 42.5 Å². The molecule has 0 saturated heterocycles. The van der Waals surface area contributed by atoms with Crippen molar-refractivity contribution < 1.29 is 14.3 Å². The van der Waals surface area contributed by atoms with Gasteiger partial charge in [-0.25, -0.2) is 0 Å². The number of rotatable bonds is 5. The van der Waals surface area contributed by atoms with Crippen LogP contribution in [0.1, 0.15) is 28.4 Å². The van der Waals surface area contributed by atoms with Crippen LogP contribution < -0.4 is 14.8 Å². The zero-order valence-electron chi connectivity index (χ0n) is 13.5. The zero-order valence-corrected chi connectivity index (χ0v) is 13.5. The Labute approximate surface area is 136 Å². The molecule has 0 radical (unpaired) electrons. The number of ether oxygens (including phenoxy) is 2. The number of methoxy groups -OCH3 is 1. The van der Waals surface area contributed by atoms with Crippen molar-refractivity contribution in [2.75, 3.05) is 13.7 Å². The molecular weight excluding hydrogens is 290 g/mol. The van der Waals surface area contributed by atoms with Crippen molar-refractivity contribution in [1.29, 1.82) is 0 Å². The zero-order chi connectivity index (χ0) is 16.2. The first-order chi connectivity index (χ1) is 11.2. The Hall–Kier alpha value is -2.49. The highest BCUT2D eigenvalue weighted by atomic mass is 16.5. The number of fused-ring (bicyclic) bond motifs is 1. The van der Waals surface area contributed by atoms with Gasteiger partial charge in [0, 0.05) is 12.5 Å². The molecule has 1 unspecified atom stereocenters. The monoisotopic (exact) mass is 311 g/mol. The molecule has 2 aromatic carbocycles. The lowest BCUT2D eigenvalue weighted by Gasteiger charge is -2.16. The highest BCUT2D eigenvalue weighted by Crippen LogP contribution is 2.26. The third-order valence-electron chi connectivity index (χ3n) is 4.02. The first kappa shape index (κ1) is 15.4. The van der Waals surface area contributed by atoms with Crippen LogP contribution in [-0.2, 0) is 12.8 Å². The van der Waals surface area contributed by atoms with Crippen LogP contribution in [-0.4, -0.2) is 25.7 Å². The van der Waals surface area contributed by atoms with E-state index in [4.69, 9.17) is 9.47 Å². The number of nitrogens with one attached hydrogen (secondary N) is 1. The standard InChI is InChI=1S/C19H21NO3/c1-13(11-14-7-8-17-15(12-14)9-10-23-17)20-19(21)16-5-3-4-6-18(16)22-2/h3-8,12-13H,9-11H2,1-2H3,(H,20,21). The number of hydrogen-bond donors (Lipinski definition) is 1. The van der Waals surface area contributed by atoms with E-state index in [2.05, 4.69) is 17.4 Å². The summed E-state index contributed by atoms with van der Waals surface area (Å²) in [6, 6.07) is 13.5. The fourth-order valence-electron chi connectivity index (χ4n) is 2.91. The summed E-state index contributed by atoms with van der Waals surface area (Å²) in [6.45, 7) is 2.77. The Morgan fingerprint density at radius 1 is 1.30 bits per heavy atom. The van der Waals surface area contributed by atoms with Crippen LogP contribution >= 0.6 is 0 Å². The van der Waals surface area contributed by atoms with E-state index in [0.717, 1.165) is 25.2 Å². The average Bonchev–Trinajstić information content (AvgIpc) is 3.02. The molecule has 4 nitrogen and oxygen atoms in total. The van der Waals surface area contributed by atoms with Gasteiger partial charge in [0.15, 0.2) is 0 Å². The van der Waals surface area contributed by atoms with Gasteiger partial charge in [-0.3, -0.25) is 4.79 Å². The fraction of sp³-hybridized carbons (Fsp3) is 0.316. The highest BCUT2D eigenvalue weighted by Gasteiger charge is 2.16. The normalized spacial score (nSPS) is 13.8. The van der Waals surface area contributed by atoms with Crippen molar-refractivity contribution in [1.82, 2.24) is 5.32 Å². The number of carbonyl (C=O) groups is 1. The van der Waals surface area contributed by atoms with E-state index in [9.17, 15) is 4.79 Å². The minimum Gasteiger partial charge on any atom is -0.496 e. The van der Waals surface area contributed by atoms with Crippen molar-refractivity contribution in [3.8, 4) is 11.5 Å². The number of para-hydroxylation sites is 1. The Balaban J connectivity index is 1.65. The Kier molecular flexibility index (Phi) is 4.51. The quantitative estimate of drug-likeness (QED) is 0.923. The first-order valence-corrected chi connectivity index (χ1v) is 7.86. The molecule has 0 spiro atoms. The molecule has 1 atom stereocenters. The third kappa shape index (κ3) is 3.47. The lowest BCUT2D eigenvalue weighted by molar-refractivity contribution is 0.0937. The van der Waals surface area contributed by atoms with Gasteiger partial charge in [-0.05, 0) is 42.7 Å². The third-order valence-corrected chi connectivity index (χ3v) is 4.02. The fourth-order valence-corrected chi connectivity index (χ4v) is 2.91. The number of hydrogen-bond acceptors (Lipinski definition) is 3. The molecule has 1 aliphatic rings. The predicted octanol–water partition coefficient (Wildman–Crippen LogP) is 2.99. The summed E-state index contributed by atoms with van der Waals surface area (Å²) in [7, 11) is 1.57. The summed E-state index contributed by atoms with van der Waals surface area (Å²) in [6.07, 6.45) is 1.75. The van der Waals surface area contributed by atoms with Gasteiger partial charge >= 0.3 is 0 Å². The number of benzene rings is 2. The summed E-state index contributed by atoms with van der Waals surface area (Å²) >= 11 is 0. The van der Waals surface area contributed by atoms with Crippen LogP contribution in [0.4, 0.5) is 0 Å². The first-order valence-electron chi connectivity index (χ1n) is 7.86. The van der Waals surface area contributed by atoms with E-state index in [-0.39, 0.29) is 11.9 Å². The summed E-state index contributed by atoms with van der Waals surface area (Å²) in [4.78, 5) is 12.4. The molecule has 23 heavy (non-hydrogen) atoms. The minimum absolute atomic E-state index is 0.0350. The molecule has 4 heteroatoms. The van der Waals surface area contributed by atoms with Gasteiger partial charge in [0.1, 0.15) is 11.5 Å². The maximum Gasteiger partial charge on any atom is 0.255 e. The van der Waals surface area contributed by atoms with E-state index in [0.29, 0.717) is 11.3 Å². The number of carbonyl (C=O) groups excluding carboxylic acids is 1. The predicted molar refractivity (Wildman–Crippen MR) is 89.3 cm³/mol. The second-order valence-electron chi connectivity index (χ2n) is 5.82. The van der Waals surface area contributed by atoms with Crippen molar-refractivity contribution in [2.45, 2.75) is 25.8 Å². The lowest BCUT2D eigenvalue weighted by atomic mass is 10.0. The van der Waals surface area contributed by atoms with E-state index in [1.807, 2.05) is 25.1 Å². The van der Waals surface area contributed by atoms with E-state index < -0.39 is 0 Å². The van der Waals surface area contributed by atoms with E-state index >= 15 is 0 Å². The summed E-state index contributed by atoms with van der Waals surface area (Å²) in [5.74, 6) is 1.46. The molecule has 0 bridgehead atoms. The van der Waals surface area contributed by atoms with E-state index in [1.54, 1.807) is 19.2 Å². The Morgan fingerprint density at radius 2 is 2.13 bits per heavy atom. The van der Waals surface area contributed by atoms with Crippen molar-refractivity contribution >= 4 is 5.91 Å². The van der Waals surface area contributed by atoms with Crippen molar-refractivity contribution in [3.63, 3.8) is 0 Å². The van der Waals surface area contributed by atoms with Gasteiger partial charge in [0.05, 0.1) is 19.3 Å². The topological polar surface area (TPSA) is 47.6 Å². The second-order valence-corrected chi connectivity index (χ2v) is 5.82. The molecule has 0 aromatic heterocycles. The van der Waals surface area contributed by atoms with Crippen LogP contribution in [0.2, 0.25) is 0 Å². The molecule has 0 saturated carbocycles. The van der Waals surface area contributed by atoms with Crippen LogP contribution in [0, 0.1) is 0 Å². The van der Waals surface area contributed by atoms with Gasteiger partial charge in [-0.1, -0.05) is 24.3 Å². The molecular formula is C19H21NO3. The van der Waals surface area contributed by atoms with Gasteiger partial charge in [-0.2, -0.15) is 0 Å². The van der Waals surface area contributed by atoms with Gasteiger partial charge < -0.3 is 14.8 Å². The van der Waals surface area contributed by atoms with Gasteiger partial charge in [0.25, 0.3) is 5.91 Å². The lowest BCUT2D eigenvalue weighted by Crippen LogP contribution is -2.34. The van der Waals surface area contributed by atoms with Gasteiger partial charge in [-0.15, -0.1) is 0 Å². The summed E-state index contributed by atoms with van der Waals surface area (Å²) < 4.78 is 10.8. The maximum absolute atomic E-state index is 12.4. The molecule has 1 aliphatic heterocycles. The van der Waals surface area contributed by atoms with Gasteiger partial charge in [0.2, 0.25) is 0 Å². The number of amides is 1. The summed E-state index contributed by atoms with van der Waals surface area (Å²) in [5, 5.41) is 3.04. The van der Waals surface area contributed by atoms with Crippen LogP contribution in [0.25, 0.3) is 0 Å². The molecule has 1 N–H and O–H groups in total. The second kappa shape index (κ2) is 6.73. The van der Waals surface area contributed by atoms with Crippen molar-refractivity contribution in [2.24, 2.45) is 0 Å². The Morgan fingerprint density at radius 3 is 2.96 bits per heavy atom. The highest BCUT2D eigenvalue weighted by molar-refractivity contribution is 5.97. The van der Waals surface area contributed by atoms with Crippen LogP contribution in [0.5, 0.6) is 11.5 Å². The molecule has 1 heterocycles. The maximum atomic E-state index is 12.4. The minimum atomic E-state index is -0.112. The molecule has 1 amide bonds. The summed E-state index contributed by atoms with van der Waals surface area (Å²) in [5.41, 5.74) is 3.03. The van der Waals surface area contributed by atoms with Crippen LogP contribution in [0.3, 0.4) is 0 Å². The molecule has 2 aromatic rings. The molecule has 3 rings (SSSR count). The smallest absolute Gasteiger partial charge is 0.255 e. The van der Waals surface area contributed by atoms with E-state index in [1.165, 1.54) is 11.1 Å². The molecule has 120 valence electrons. The van der Waals surface area contributed by atoms with Crippen molar-refractivity contribution in [3.05, 3.63) is 59.2 Å². The Bertz CT molecular complexity index is 712.